The van der Waals surface area contributed by atoms with E-state index in [1.54, 1.807) is 0 Å². The number of carboxylic acids is 1. The van der Waals surface area contributed by atoms with Crippen LogP contribution in [0.1, 0.15) is 59.5 Å². The Bertz CT molecular complexity index is 1070. The van der Waals surface area contributed by atoms with E-state index < -0.39 is 17.3 Å². The largest absolute Gasteiger partial charge is 0.477 e. The van der Waals surface area contributed by atoms with Crippen molar-refractivity contribution in [3.8, 4) is 0 Å². The van der Waals surface area contributed by atoms with Gasteiger partial charge in [-0.2, -0.15) is 0 Å². The number of nitrogens with zero attached hydrogens (tertiary/aromatic N) is 2. The summed E-state index contributed by atoms with van der Waals surface area (Å²) in [6.07, 6.45) is 6.57. The number of aromatic nitrogens is 1. The third-order valence-electron chi connectivity index (χ3n) is 7.28. The van der Waals surface area contributed by atoms with Crippen LogP contribution < -0.4 is 15.8 Å². The molecule has 3 fully saturated rings. The van der Waals surface area contributed by atoms with Crippen molar-refractivity contribution in [3.05, 3.63) is 45.1 Å². The zero-order valence-electron chi connectivity index (χ0n) is 17.3. The summed E-state index contributed by atoms with van der Waals surface area (Å²) in [6.45, 7) is 5.65. The molecule has 0 radical (unpaired) electrons. The minimum Gasteiger partial charge on any atom is -0.477 e. The lowest BCUT2D eigenvalue weighted by atomic mass is 9.84. The number of rotatable bonds is 4. The summed E-state index contributed by atoms with van der Waals surface area (Å²) in [4.78, 5) is 26.5. The zero-order chi connectivity index (χ0) is 21.0. The molecule has 0 bridgehead atoms. The first-order chi connectivity index (χ1) is 14.5. The molecule has 0 amide bonds. The third kappa shape index (κ3) is 3.20. The van der Waals surface area contributed by atoms with Crippen molar-refractivity contribution in [2.24, 2.45) is 11.8 Å². The molecule has 160 valence electrons. The fourth-order valence-electron chi connectivity index (χ4n) is 5.58. The quantitative estimate of drug-likeness (QED) is 0.806. The van der Waals surface area contributed by atoms with Crippen LogP contribution >= 0.6 is 0 Å². The predicted molar refractivity (Wildman–Crippen MR) is 113 cm³/mol. The highest BCUT2D eigenvalue weighted by Gasteiger charge is 2.34. The van der Waals surface area contributed by atoms with Crippen LogP contribution in [0.15, 0.2) is 17.1 Å². The number of hydrogen-bond donors (Lipinski definition) is 2. The van der Waals surface area contributed by atoms with Crippen LogP contribution in [0.25, 0.3) is 5.52 Å². The summed E-state index contributed by atoms with van der Waals surface area (Å²) in [5.74, 6) is -0.207. The summed E-state index contributed by atoms with van der Waals surface area (Å²) >= 11 is 0. The molecular weight excluding hydrogens is 385 g/mol. The van der Waals surface area contributed by atoms with Crippen LogP contribution in [0.3, 0.4) is 0 Å². The van der Waals surface area contributed by atoms with Crippen molar-refractivity contribution < 1.29 is 14.3 Å². The van der Waals surface area contributed by atoms with Crippen LogP contribution in [0.5, 0.6) is 0 Å². The summed E-state index contributed by atoms with van der Waals surface area (Å²) in [5.41, 5.74) is 1.93. The first kappa shape index (κ1) is 19.5. The van der Waals surface area contributed by atoms with E-state index in [9.17, 15) is 14.7 Å². The van der Waals surface area contributed by atoms with Gasteiger partial charge in [0.25, 0.3) is 5.56 Å². The van der Waals surface area contributed by atoms with Crippen LogP contribution in [0, 0.1) is 24.6 Å². The number of fused-ring (bicyclic) bond motifs is 1. The zero-order valence-corrected chi connectivity index (χ0v) is 17.3. The number of nitrogens with one attached hydrogen (secondary N) is 1. The van der Waals surface area contributed by atoms with E-state index in [1.807, 2.05) is 6.92 Å². The number of carboxylic acid groups (broad SMARTS) is 1. The molecule has 5 rings (SSSR count). The van der Waals surface area contributed by atoms with Gasteiger partial charge in [0.15, 0.2) is 5.82 Å². The Labute approximate surface area is 174 Å². The molecule has 1 unspecified atom stereocenters. The van der Waals surface area contributed by atoms with E-state index >= 15 is 4.39 Å². The highest BCUT2D eigenvalue weighted by molar-refractivity contribution is 5.89. The van der Waals surface area contributed by atoms with E-state index in [-0.39, 0.29) is 11.5 Å². The molecule has 6 nitrogen and oxygen atoms in total. The molecule has 2 N–H and O–H groups in total. The summed E-state index contributed by atoms with van der Waals surface area (Å²) in [6, 6.07) is 1.52. The fraction of sp³-hybridized carbons (Fsp3) is 0.565. The lowest BCUT2D eigenvalue weighted by Gasteiger charge is -2.29. The van der Waals surface area contributed by atoms with Crippen molar-refractivity contribution in [2.45, 2.75) is 44.9 Å². The number of aryl methyl sites for hydroxylation is 1. The normalized spacial score (nSPS) is 22.7. The number of pyridine rings is 2. The van der Waals surface area contributed by atoms with E-state index in [2.05, 4.69) is 10.2 Å². The van der Waals surface area contributed by atoms with Gasteiger partial charge in [-0.05, 0) is 87.1 Å². The molecule has 3 aliphatic rings. The molecule has 1 aliphatic carbocycles. The Kier molecular flexibility index (Phi) is 4.81. The van der Waals surface area contributed by atoms with Gasteiger partial charge in [-0.1, -0.05) is 0 Å². The second-order valence-electron chi connectivity index (χ2n) is 9.15. The number of carbonyl (C=O) groups is 1. The van der Waals surface area contributed by atoms with Gasteiger partial charge in [0.05, 0.1) is 17.4 Å². The number of piperidine rings is 1. The summed E-state index contributed by atoms with van der Waals surface area (Å²) < 4.78 is 16.5. The first-order valence-corrected chi connectivity index (χ1v) is 11.0. The molecular formula is C23H28FN3O3. The van der Waals surface area contributed by atoms with Crippen molar-refractivity contribution in [1.82, 2.24) is 9.72 Å². The minimum absolute atomic E-state index is 0.247. The maximum Gasteiger partial charge on any atom is 0.341 e. The second kappa shape index (κ2) is 7.38. The second-order valence-corrected chi connectivity index (χ2v) is 9.15. The minimum atomic E-state index is -1.26. The van der Waals surface area contributed by atoms with Crippen molar-refractivity contribution >= 4 is 17.2 Å². The topological polar surface area (TPSA) is 74.0 Å². The molecule has 30 heavy (non-hydrogen) atoms. The highest BCUT2D eigenvalue weighted by atomic mass is 19.1. The summed E-state index contributed by atoms with van der Waals surface area (Å²) in [7, 11) is 0. The molecule has 2 aromatic heterocycles. The van der Waals surface area contributed by atoms with Crippen LogP contribution in [0.2, 0.25) is 0 Å². The van der Waals surface area contributed by atoms with Crippen LogP contribution in [-0.4, -0.2) is 41.7 Å². The Balaban J connectivity index is 1.58. The number of aromatic carboxylic acids is 1. The van der Waals surface area contributed by atoms with Gasteiger partial charge in [0, 0.05) is 13.1 Å². The van der Waals surface area contributed by atoms with E-state index in [0.29, 0.717) is 23.0 Å². The van der Waals surface area contributed by atoms with Gasteiger partial charge in [-0.25, -0.2) is 9.18 Å². The lowest BCUT2D eigenvalue weighted by molar-refractivity contribution is 0.0694. The van der Waals surface area contributed by atoms with Gasteiger partial charge in [-0.3, -0.25) is 9.20 Å². The Morgan fingerprint density at radius 2 is 1.90 bits per heavy atom. The van der Waals surface area contributed by atoms with E-state index in [0.717, 1.165) is 56.6 Å². The maximum absolute atomic E-state index is 15.3. The van der Waals surface area contributed by atoms with Gasteiger partial charge in [0.2, 0.25) is 0 Å². The first-order valence-electron chi connectivity index (χ1n) is 11.0. The molecule has 0 spiro atoms. The van der Waals surface area contributed by atoms with Crippen molar-refractivity contribution in [1.29, 1.82) is 0 Å². The predicted octanol–water partition coefficient (Wildman–Crippen LogP) is 3.15. The molecule has 1 saturated carbocycles. The van der Waals surface area contributed by atoms with Gasteiger partial charge in [0.1, 0.15) is 5.56 Å². The van der Waals surface area contributed by atoms with E-state index in [4.69, 9.17) is 0 Å². The SMILES string of the molecule is Cc1c(N2CCC(C3CCNCC3)C2)c(F)cn2c(=O)c(C(=O)O)cc(C3CC3)c12. The number of anilines is 1. The van der Waals surface area contributed by atoms with E-state index in [1.165, 1.54) is 29.5 Å². The van der Waals surface area contributed by atoms with Crippen molar-refractivity contribution in [3.63, 3.8) is 0 Å². The molecule has 4 heterocycles. The average Bonchev–Trinajstić information content (AvgIpc) is 3.46. The maximum atomic E-state index is 15.3. The Morgan fingerprint density at radius 3 is 2.57 bits per heavy atom. The number of halogens is 1. The number of hydrogen-bond acceptors (Lipinski definition) is 4. The van der Waals surface area contributed by atoms with Gasteiger partial charge in [-0.15, -0.1) is 0 Å². The smallest absolute Gasteiger partial charge is 0.341 e. The third-order valence-corrected chi connectivity index (χ3v) is 7.28. The van der Waals surface area contributed by atoms with Gasteiger partial charge < -0.3 is 15.3 Å². The summed E-state index contributed by atoms with van der Waals surface area (Å²) in [5, 5.41) is 12.9. The Morgan fingerprint density at radius 1 is 1.17 bits per heavy atom. The molecule has 1 atom stereocenters. The van der Waals surface area contributed by atoms with Gasteiger partial charge >= 0.3 is 5.97 Å². The molecule has 7 heteroatoms. The lowest BCUT2D eigenvalue weighted by Crippen LogP contribution is -2.33. The average molecular weight is 413 g/mol. The monoisotopic (exact) mass is 413 g/mol. The molecule has 2 aliphatic heterocycles. The van der Waals surface area contributed by atoms with Crippen LogP contribution in [0.4, 0.5) is 10.1 Å². The van der Waals surface area contributed by atoms with Crippen LogP contribution in [-0.2, 0) is 0 Å². The molecule has 0 aromatic carbocycles. The molecule has 2 aromatic rings. The highest BCUT2D eigenvalue weighted by Crippen LogP contribution is 2.44. The molecule has 2 saturated heterocycles. The standard InChI is InChI=1S/C23H28FN3O3/c1-13-20-17(15-2-3-15)10-18(23(29)30)22(28)27(20)12-19(24)21(13)26-9-6-16(11-26)14-4-7-25-8-5-14/h10,12,14-16,25H,2-9,11H2,1H3,(H,29,30). The van der Waals surface area contributed by atoms with Crippen molar-refractivity contribution in [2.75, 3.05) is 31.1 Å². The fourth-order valence-corrected chi connectivity index (χ4v) is 5.58. The Hall–Kier alpha value is -2.41.